The highest BCUT2D eigenvalue weighted by Crippen LogP contribution is 2.46. The number of halogens is 2. The van der Waals surface area contributed by atoms with Gasteiger partial charge in [-0.1, -0.05) is 6.07 Å². The van der Waals surface area contributed by atoms with Gasteiger partial charge in [-0.25, -0.2) is 8.78 Å². The molecular weight excluding hydrogens is 440 g/mol. The molecule has 1 saturated heterocycles. The van der Waals surface area contributed by atoms with Crippen LogP contribution in [0.15, 0.2) is 23.0 Å². The molecule has 3 unspecified atom stereocenters. The van der Waals surface area contributed by atoms with Gasteiger partial charge in [0.2, 0.25) is 5.43 Å². The van der Waals surface area contributed by atoms with Crippen molar-refractivity contribution >= 4 is 11.8 Å². The number of hydrogen-bond acceptors (Lipinski definition) is 6. The molecule has 174 valence electrons. The van der Waals surface area contributed by atoms with Gasteiger partial charge in [0.05, 0.1) is 31.6 Å². The summed E-state index contributed by atoms with van der Waals surface area (Å²) >= 11 is 0. The number of aromatic nitrogens is 1. The summed E-state index contributed by atoms with van der Waals surface area (Å²) in [6, 6.07) is 2.42. The largest absolute Gasteiger partial charge is 0.491 e. The fourth-order valence-electron chi connectivity index (χ4n) is 4.92. The lowest BCUT2D eigenvalue weighted by Crippen LogP contribution is -2.55. The second-order valence-electron chi connectivity index (χ2n) is 8.19. The van der Waals surface area contributed by atoms with Gasteiger partial charge in [-0.05, 0) is 12.5 Å². The van der Waals surface area contributed by atoms with Gasteiger partial charge in [0.15, 0.2) is 17.7 Å². The van der Waals surface area contributed by atoms with E-state index < -0.39 is 47.3 Å². The molecule has 33 heavy (non-hydrogen) atoms. The molecular formula is C22H21F2N3O6. The molecule has 0 bridgehead atoms. The van der Waals surface area contributed by atoms with Crippen molar-refractivity contribution in [1.29, 1.82) is 0 Å². The lowest BCUT2D eigenvalue weighted by Gasteiger charge is -2.44. The van der Waals surface area contributed by atoms with E-state index in [-0.39, 0.29) is 41.2 Å². The molecule has 2 amide bonds. The van der Waals surface area contributed by atoms with Crippen LogP contribution in [-0.4, -0.2) is 52.9 Å². The van der Waals surface area contributed by atoms with E-state index in [1.807, 2.05) is 0 Å². The van der Waals surface area contributed by atoms with Gasteiger partial charge in [-0.2, -0.15) is 0 Å². The quantitative estimate of drug-likeness (QED) is 0.709. The van der Waals surface area contributed by atoms with Crippen LogP contribution >= 0.6 is 0 Å². The molecule has 1 aromatic heterocycles. The summed E-state index contributed by atoms with van der Waals surface area (Å²) in [4.78, 5) is 41.1. The molecule has 3 aliphatic rings. The molecule has 3 aliphatic heterocycles. The first-order valence-electron chi connectivity index (χ1n) is 10.5. The number of nitrogens with zero attached hydrogens (tertiary/aromatic N) is 2. The van der Waals surface area contributed by atoms with Crippen molar-refractivity contribution in [2.24, 2.45) is 0 Å². The number of ether oxygens (including phenoxy) is 2. The number of fused-ring (bicyclic) bond motifs is 2. The highest BCUT2D eigenvalue weighted by Gasteiger charge is 2.50. The number of amides is 2. The minimum Gasteiger partial charge on any atom is -0.491 e. The van der Waals surface area contributed by atoms with Crippen molar-refractivity contribution in [2.75, 3.05) is 20.3 Å². The van der Waals surface area contributed by atoms with Crippen LogP contribution in [0.1, 0.15) is 57.1 Å². The zero-order chi connectivity index (χ0) is 23.4. The van der Waals surface area contributed by atoms with E-state index in [0.717, 1.165) is 6.07 Å². The van der Waals surface area contributed by atoms with Crippen molar-refractivity contribution in [1.82, 2.24) is 14.8 Å². The number of nitrogens with one attached hydrogen (secondary N) is 1. The number of rotatable bonds is 4. The summed E-state index contributed by atoms with van der Waals surface area (Å²) < 4.78 is 39.7. The summed E-state index contributed by atoms with van der Waals surface area (Å²) in [5, 5.41) is 13.3. The molecule has 3 atom stereocenters. The number of pyridine rings is 1. The van der Waals surface area contributed by atoms with Gasteiger partial charge < -0.3 is 29.4 Å². The number of carbonyl (C=O) groups is 2. The first-order valence-corrected chi connectivity index (χ1v) is 10.5. The predicted molar refractivity (Wildman–Crippen MR) is 109 cm³/mol. The van der Waals surface area contributed by atoms with Crippen LogP contribution in [0.25, 0.3) is 0 Å². The second-order valence-corrected chi connectivity index (χ2v) is 8.19. The molecule has 9 nitrogen and oxygen atoms in total. The van der Waals surface area contributed by atoms with Gasteiger partial charge in [0, 0.05) is 31.1 Å². The molecule has 2 N–H and O–H groups in total. The van der Waals surface area contributed by atoms with Gasteiger partial charge in [0.1, 0.15) is 17.2 Å². The number of aliphatic hydroxyl groups is 1. The summed E-state index contributed by atoms with van der Waals surface area (Å²) in [5.74, 6) is -3.25. The third kappa shape index (κ3) is 3.22. The number of hydrogen-bond donors (Lipinski definition) is 2. The summed E-state index contributed by atoms with van der Waals surface area (Å²) in [5.41, 5.74) is -1.24. The van der Waals surface area contributed by atoms with Crippen LogP contribution < -0.4 is 15.5 Å². The third-order valence-corrected chi connectivity index (χ3v) is 6.33. The molecule has 1 aromatic carbocycles. The normalized spacial score (nSPS) is 23.2. The van der Waals surface area contributed by atoms with Crippen LogP contribution in [0.2, 0.25) is 0 Å². The van der Waals surface area contributed by atoms with Gasteiger partial charge in [-0.15, -0.1) is 0 Å². The summed E-state index contributed by atoms with van der Waals surface area (Å²) in [6.45, 7) is 0.569. The van der Waals surface area contributed by atoms with E-state index >= 15 is 0 Å². The lowest BCUT2D eigenvalue weighted by atomic mass is 10.1. The topological polar surface area (TPSA) is 110 Å². The third-order valence-electron chi connectivity index (χ3n) is 6.33. The van der Waals surface area contributed by atoms with Crippen LogP contribution in [0.5, 0.6) is 5.75 Å². The minimum atomic E-state index is -1.20. The number of aliphatic hydroxyl groups excluding tert-OH is 1. The Balaban J connectivity index is 1.59. The Morgan fingerprint density at radius 2 is 2.12 bits per heavy atom. The average Bonchev–Trinajstić information content (AvgIpc) is 3.13. The molecule has 2 aromatic rings. The minimum absolute atomic E-state index is 0.0000477. The molecule has 11 heteroatoms. The Morgan fingerprint density at radius 3 is 2.85 bits per heavy atom. The molecule has 1 fully saturated rings. The van der Waals surface area contributed by atoms with Crippen molar-refractivity contribution in [3.05, 3.63) is 62.6 Å². The van der Waals surface area contributed by atoms with E-state index in [0.29, 0.717) is 25.6 Å². The molecule has 0 radical (unpaired) electrons. The Bertz CT molecular complexity index is 1230. The zero-order valence-corrected chi connectivity index (χ0v) is 17.6. The lowest BCUT2D eigenvalue weighted by molar-refractivity contribution is -0.111. The summed E-state index contributed by atoms with van der Waals surface area (Å²) in [6.07, 6.45) is -1.06. The smallest absolute Gasteiger partial charge is 0.276 e. The fourth-order valence-corrected chi connectivity index (χ4v) is 4.92. The zero-order valence-electron chi connectivity index (χ0n) is 17.6. The number of methoxy groups -OCH3 is 1. The van der Waals surface area contributed by atoms with E-state index in [1.165, 1.54) is 22.6 Å². The van der Waals surface area contributed by atoms with Crippen molar-refractivity contribution in [3.63, 3.8) is 0 Å². The predicted octanol–water partition coefficient (Wildman–Crippen LogP) is 1.25. The Morgan fingerprint density at radius 1 is 1.33 bits per heavy atom. The maximum absolute atomic E-state index is 14.0. The molecule has 0 spiro atoms. The monoisotopic (exact) mass is 461 g/mol. The van der Waals surface area contributed by atoms with E-state index in [2.05, 4.69) is 5.32 Å². The highest BCUT2D eigenvalue weighted by atomic mass is 19.1. The standard InChI is InChI=1S/C22H21F2N3O6/c1-32-19-17-21(31)26-5-2-6-33-22(26)13-8-14(28)16(27(13)17)15(18(19)29)20(30)25-9-10-3-4-11(23)7-12(10)24/h3-4,7,13-14,22,28H,2,5-6,8-9H2,1H3,(H,25,30). The van der Waals surface area contributed by atoms with Gasteiger partial charge >= 0.3 is 0 Å². The van der Waals surface area contributed by atoms with Crippen molar-refractivity contribution < 1.29 is 33.0 Å². The van der Waals surface area contributed by atoms with E-state index in [9.17, 15) is 28.3 Å². The van der Waals surface area contributed by atoms with Crippen molar-refractivity contribution in [2.45, 2.75) is 37.8 Å². The maximum Gasteiger partial charge on any atom is 0.276 e. The summed E-state index contributed by atoms with van der Waals surface area (Å²) in [7, 11) is 1.22. The molecule has 0 saturated carbocycles. The first kappa shape index (κ1) is 21.5. The maximum atomic E-state index is 14.0. The van der Waals surface area contributed by atoms with E-state index in [1.54, 1.807) is 0 Å². The average molecular weight is 461 g/mol. The fraction of sp³-hybridized carbons (Fsp3) is 0.409. The first-order chi connectivity index (χ1) is 15.8. The Kier molecular flexibility index (Phi) is 5.17. The van der Waals surface area contributed by atoms with Crippen LogP contribution in [-0.2, 0) is 11.3 Å². The van der Waals surface area contributed by atoms with Crippen LogP contribution in [0, 0.1) is 11.6 Å². The Hall–Kier alpha value is -3.31. The second kappa shape index (κ2) is 7.92. The molecule has 5 rings (SSSR count). The highest BCUT2D eigenvalue weighted by molar-refractivity contribution is 6.00. The number of carbonyl (C=O) groups excluding carboxylic acids is 2. The Labute approximate surface area is 186 Å². The van der Waals surface area contributed by atoms with Crippen LogP contribution in [0.3, 0.4) is 0 Å². The van der Waals surface area contributed by atoms with E-state index in [4.69, 9.17) is 9.47 Å². The van der Waals surface area contributed by atoms with Gasteiger partial charge in [-0.3, -0.25) is 14.4 Å². The van der Waals surface area contributed by atoms with Crippen molar-refractivity contribution in [3.8, 4) is 5.75 Å². The number of benzene rings is 1. The SMILES string of the molecule is COc1c2n3c(c(C(=O)NCc4ccc(F)cc4F)c1=O)C(O)CC3C1OCCCN1C2=O. The van der Waals surface area contributed by atoms with Crippen LogP contribution in [0.4, 0.5) is 8.78 Å². The van der Waals surface area contributed by atoms with Gasteiger partial charge in [0.25, 0.3) is 11.8 Å². The molecule has 0 aliphatic carbocycles. The molecule has 4 heterocycles.